The SMILES string of the molecule is O=C(NC1(C(=O)NCC2CCN(c3ccccc3C(=O)NCc3ccccc3)CC2)CC1)c1cncnc1. The summed E-state index contributed by atoms with van der Waals surface area (Å²) in [6.45, 7) is 2.66. The Kier molecular flexibility index (Phi) is 7.62. The molecule has 0 spiro atoms. The fourth-order valence-electron chi connectivity index (χ4n) is 4.84. The van der Waals surface area contributed by atoms with Gasteiger partial charge in [0.1, 0.15) is 11.9 Å². The van der Waals surface area contributed by atoms with Gasteiger partial charge >= 0.3 is 0 Å². The summed E-state index contributed by atoms with van der Waals surface area (Å²) in [6.07, 6.45) is 7.30. The summed E-state index contributed by atoms with van der Waals surface area (Å²) in [6, 6.07) is 17.6. The number of carbonyl (C=O) groups is 3. The number of anilines is 1. The molecule has 2 aliphatic rings. The summed E-state index contributed by atoms with van der Waals surface area (Å²) in [5, 5.41) is 8.95. The highest BCUT2D eigenvalue weighted by Crippen LogP contribution is 2.36. The number of benzene rings is 2. The monoisotopic (exact) mass is 512 g/mol. The largest absolute Gasteiger partial charge is 0.371 e. The zero-order valence-electron chi connectivity index (χ0n) is 21.2. The first-order valence-corrected chi connectivity index (χ1v) is 13.1. The second-order valence-corrected chi connectivity index (χ2v) is 9.99. The number of amides is 3. The Balaban J connectivity index is 1.11. The first kappa shape index (κ1) is 25.4. The minimum absolute atomic E-state index is 0.0855. The van der Waals surface area contributed by atoms with Gasteiger partial charge in [0.15, 0.2) is 0 Å². The van der Waals surface area contributed by atoms with Crippen LogP contribution in [0.15, 0.2) is 73.3 Å². The number of carbonyl (C=O) groups excluding carboxylic acids is 3. The van der Waals surface area contributed by atoms with Gasteiger partial charge in [-0.25, -0.2) is 9.97 Å². The fraction of sp³-hybridized carbons (Fsp3) is 0.345. The Hall–Kier alpha value is -4.27. The molecule has 3 amide bonds. The van der Waals surface area contributed by atoms with Crippen molar-refractivity contribution in [3.8, 4) is 0 Å². The van der Waals surface area contributed by atoms with Crippen LogP contribution in [0.2, 0.25) is 0 Å². The Labute approximate surface area is 222 Å². The number of aromatic nitrogens is 2. The molecule has 196 valence electrons. The van der Waals surface area contributed by atoms with Crippen molar-refractivity contribution in [3.05, 3.63) is 90.0 Å². The van der Waals surface area contributed by atoms with Crippen LogP contribution >= 0.6 is 0 Å². The lowest BCUT2D eigenvalue weighted by Gasteiger charge is -2.35. The van der Waals surface area contributed by atoms with Crippen LogP contribution in [-0.4, -0.2) is 52.9 Å². The van der Waals surface area contributed by atoms with Crippen LogP contribution in [0.25, 0.3) is 0 Å². The molecule has 1 aliphatic heterocycles. The van der Waals surface area contributed by atoms with Crippen LogP contribution in [0.4, 0.5) is 5.69 Å². The maximum atomic E-state index is 13.0. The molecule has 3 aromatic rings. The van der Waals surface area contributed by atoms with Crippen molar-refractivity contribution in [3.63, 3.8) is 0 Å². The number of hydrogen-bond acceptors (Lipinski definition) is 6. The number of piperidine rings is 1. The standard InChI is InChI=1S/C29H32N6O3/c36-26(23-18-30-20-31-19-23)34-29(12-13-29)28(38)33-17-22-10-14-35(15-11-22)25-9-5-4-8-24(25)27(37)32-16-21-6-2-1-3-7-21/h1-9,18-20,22H,10-17H2,(H,32,37)(H,33,38)(H,34,36). The Morgan fingerprint density at radius 3 is 2.26 bits per heavy atom. The van der Waals surface area contributed by atoms with Gasteiger partial charge in [-0.05, 0) is 49.3 Å². The van der Waals surface area contributed by atoms with Crippen LogP contribution in [-0.2, 0) is 11.3 Å². The van der Waals surface area contributed by atoms with E-state index in [2.05, 4.69) is 30.8 Å². The van der Waals surface area contributed by atoms with E-state index in [0.717, 1.165) is 37.2 Å². The molecule has 2 aromatic carbocycles. The van der Waals surface area contributed by atoms with Crippen molar-refractivity contribution >= 4 is 23.4 Å². The smallest absolute Gasteiger partial charge is 0.255 e. The first-order valence-electron chi connectivity index (χ1n) is 13.1. The molecule has 9 heteroatoms. The van der Waals surface area contributed by atoms with Gasteiger partial charge in [-0.15, -0.1) is 0 Å². The quantitative estimate of drug-likeness (QED) is 0.406. The predicted octanol–water partition coefficient (Wildman–Crippen LogP) is 2.70. The fourth-order valence-corrected chi connectivity index (χ4v) is 4.84. The van der Waals surface area contributed by atoms with Crippen molar-refractivity contribution in [1.82, 2.24) is 25.9 Å². The van der Waals surface area contributed by atoms with Crippen LogP contribution in [0, 0.1) is 5.92 Å². The summed E-state index contributed by atoms with van der Waals surface area (Å²) in [4.78, 5) is 48.3. The van der Waals surface area contributed by atoms with Gasteiger partial charge in [-0.2, -0.15) is 0 Å². The average Bonchev–Trinajstić information content (AvgIpc) is 3.76. The minimum Gasteiger partial charge on any atom is -0.371 e. The third kappa shape index (κ3) is 5.99. The lowest BCUT2D eigenvalue weighted by molar-refractivity contribution is -0.124. The molecule has 0 bridgehead atoms. The first-order chi connectivity index (χ1) is 18.5. The van der Waals surface area contributed by atoms with Crippen molar-refractivity contribution in [2.24, 2.45) is 5.92 Å². The van der Waals surface area contributed by atoms with Crippen LogP contribution in [0.5, 0.6) is 0 Å². The number of para-hydroxylation sites is 1. The molecule has 2 fully saturated rings. The highest BCUT2D eigenvalue weighted by Gasteiger charge is 2.51. The normalized spacial score (nSPS) is 16.4. The van der Waals surface area contributed by atoms with Crippen molar-refractivity contribution in [2.75, 3.05) is 24.5 Å². The van der Waals surface area contributed by atoms with E-state index in [1.165, 1.54) is 18.7 Å². The van der Waals surface area contributed by atoms with Crippen LogP contribution < -0.4 is 20.9 Å². The molecule has 5 rings (SSSR count). The van der Waals surface area contributed by atoms with Crippen LogP contribution in [0.3, 0.4) is 0 Å². The Bertz CT molecular complexity index is 1270. The summed E-state index contributed by atoms with van der Waals surface area (Å²) in [5.41, 5.74) is 2.17. The molecular weight excluding hydrogens is 480 g/mol. The van der Waals surface area contributed by atoms with Gasteiger partial charge in [0.25, 0.3) is 11.8 Å². The lowest BCUT2D eigenvalue weighted by Crippen LogP contribution is -2.50. The molecule has 1 aromatic heterocycles. The number of nitrogens with one attached hydrogen (secondary N) is 3. The Morgan fingerprint density at radius 2 is 1.55 bits per heavy atom. The summed E-state index contributed by atoms with van der Waals surface area (Å²) in [7, 11) is 0. The second kappa shape index (κ2) is 11.4. The zero-order valence-corrected chi connectivity index (χ0v) is 21.2. The van der Waals surface area contributed by atoms with E-state index in [-0.39, 0.29) is 17.7 Å². The third-order valence-electron chi connectivity index (χ3n) is 7.31. The average molecular weight is 513 g/mol. The van der Waals surface area contributed by atoms with E-state index >= 15 is 0 Å². The van der Waals surface area contributed by atoms with Gasteiger partial charge in [-0.1, -0.05) is 42.5 Å². The van der Waals surface area contributed by atoms with Gasteiger partial charge < -0.3 is 20.9 Å². The van der Waals surface area contributed by atoms with E-state index in [1.54, 1.807) is 0 Å². The number of nitrogens with zero attached hydrogens (tertiary/aromatic N) is 3. The molecule has 1 saturated carbocycles. The lowest BCUT2D eigenvalue weighted by atomic mass is 9.95. The highest BCUT2D eigenvalue weighted by atomic mass is 16.2. The van der Waals surface area contributed by atoms with Crippen LogP contribution in [0.1, 0.15) is 52.0 Å². The topological polar surface area (TPSA) is 116 Å². The molecule has 2 heterocycles. The third-order valence-corrected chi connectivity index (χ3v) is 7.31. The molecule has 38 heavy (non-hydrogen) atoms. The van der Waals surface area contributed by atoms with Crippen molar-refractivity contribution in [1.29, 1.82) is 0 Å². The number of rotatable bonds is 9. The van der Waals surface area contributed by atoms with E-state index in [1.807, 2.05) is 54.6 Å². The maximum absolute atomic E-state index is 13.0. The van der Waals surface area contributed by atoms with Gasteiger partial charge in [-0.3, -0.25) is 14.4 Å². The van der Waals surface area contributed by atoms with Gasteiger partial charge in [0, 0.05) is 44.3 Å². The van der Waals surface area contributed by atoms with Crippen molar-refractivity contribution in [2.45, 2.75) is 37.8 Å². The summed E-state index contributed by atoms with van der Waals surface area (Å²) >= 11 is 0. The molecule has 0 unspecified atom stereocenters. The van der Waals surface area contributed by atoms with E-state index < -0.39 is 5.54 Å². The van der Waals surface area contributed by atoms with Gasteiger partial charge in [0.05, 0.1) is 11.1 Å². The van der Waals surface area contributed by atoms with Gasteiger partial charge in [0.2, 0.25) is 5.91 Å². The number of hydrogen-bond donors (Lipinski definition) is 3. The molecule has 3 N–H and O–H groups in total. The summed E-state index contributed by atoms with van der Waals surface area (Å²) < 4.78 is 0. The second-order valence-electron chi connectivity index (χ2n) is 9.99. The zero-order chi connectivity index (χ0) is 26.4. The summed E-state index contributed by atoms with van der Waals surface area (Å²) in [5.74, 6) is -0.218. The molecule has 1 aliphatic carbocycles. The van der Waals surface area contributed by atoms with E-state index in [4.69, 9.17) is 0 Å². The maximum Gasteiger partial charge on any atom is 0.255 e. The molecule has 0 radical (unpaired) electrons. The Morgan fingerprint density at radius 1 is 0.868 bits per heavy atom. The predicted molar refractivity (Wildman–Crippen MR) is 143 cm³/mol. The highest BCUT2D eigenvalue weighted by molar-refractivity contribution is 6.00. The molecule has 1 saturated heterocycles. The van der Waals surface area contributed by atoms with E-state index in [9.17, 15) is 14.4 Å². The minimum atomic E-state index is -0.834. The molecular formula is C29H32N6O3. The molecule has 9 nitrogen and oxygen atoms in total. The van der Waals surface area contributed by atoms with E-state index in [0.29, 0.717) is 43.0 Å². The van der Waals surface area contributed by atoms with Crippen molar-refractivity contribution < 1.29 is 14.4 Å². The molecule has 0 atom stereocenters.